The Morgan fingerprint density at radius 3 is 2.41 bits per heavy atom. The molecule has 0 radical (unpaired) electrons. The highest BCUT2D eigenvalue weighted by atomic mass is 19.1. The van der Waals surface area contributed by atoms with Gasteiger partial charge in [0.2, 0.25) is 0 Å². The van der Waals surface area contributed by atoms with Crippen LogP contribution in [0.15, 0.2) is 12.1 Å². The molecule has 2 unspecified atom stereocenters. The summed E-state index contributed by atoms with van der Waals surface area (Å²) in [4.78, 5) is 11.0. The number of aliphatic hydroxyl groups is 2. The largest absolute Gasteiger partial charge is 0.467 e. The van der Waals surface area contributed by atoms with Gasteiger partial charge in [-0.1, -0.05) is 0 Å². The number of carbonyl (C=O) groups is 1. The zero-order chi connectivity index (χ0) is 13.2. The third-order valence-corrected chi connectivity index (χ3v) is 2.34. The summed E-state index contributed by atoms with van der Waals surface area (Å²) >= 11 is 0. The monoisotopic (exact) mass is 246 g/mol. The van der Waals surface area contributed by atoms with Gasteiger partial charge in [0.1, 0.15) is 17.7 Å². The molecular weight excluding hydrogens is 234 g/mol. The minimum Gasteiger partial charge on any atom is -0.467 e. The Bertz CT molecular complexity index is 434. The molecule has 0 aliphatic heterocycles. The van der Waals surface area contributed by atoms with E-state index in [9.17, 15) is 23.8 Å². The van der Waals surface area contributed by atoms with Crippen molar-refractivity contribution in [2.24, 2.45) is 0 Å². The van der Waals surface area contributed by atoms with E-state index < -0.39 is 29.8 Å². The molecule has 1 aromatic carbocycles. The number of aryl methyl sites for hydroxylation is 1. The Hall–Kier alpha value is -1.53. The zero-order valence-corrected chi connectivity index (χ0v) is 9.28. The second-order valence-electron chi connectivity index (χ2n) is 3.54. The minimum atomic E-state index is -1.92. The first-order valence-corrected chi connectivity index (χ1v) is 4.78. The Balaban J connectivity index is 3.08. The molecule has 0 aromatic heterocycles. The molecule has 4 nitrogen and oxygen atoms in total. The van der Waals surface area contributed by atoms with Crippen molar-refractivity contribution in [3.05, 3.63) is 34.9 Å². The third-order valence-electron chi connectivity index (χ3n) is 2.34. The van der Waals surface area contributed by atoms with Crippen molar-refractivity contribution in [1.29, 1.82) is 0 Å². The number of carbonyl (C=O) groups excluding carboxylic acids is 1. The van der Waals surface area contributed by atoms with Crippen LogP contribution in [0.2, 0.25) is 0 Å². The molecule has 0 heterocycles. The van der Waals surface area contributed by atoms with Gasteiger partial charge in [-0.2, -0.15) is 0 Å². The summed E-state index contributed by atoms with van der Waals surface area (Å²) in [5.74, 6) is -2.91. The van der Waals surface area contributed by atoms with Gasteiger partial charge in [-0.25, -0.2) is 13.6 Å². The van der Waals surface area contributed by atoms with E-state index in [1.54, 1.807) is 0 Å². The number of aliphatic hydroxyl groups excluding tert-OH is 2. The van der Waals surface area contributed by atoms with Crippen molar-refractivity contribution in [2.45, 2.75) is 19.1 Å². The molecule has 0 saturated heterocycles. The molecule has 1 rings (SSSR count). The van der Waals surface area contributed by atoms with E-state index in [1.165, 1.54) is 6.92 Å². The van der Waals surface area contributed by atoms with Crippen LogP contribution in [-0.2, 0) is 9.53 Å². The van der Waals surface area contributed by atoms with Gasteiger partial charge in [0.05, 0.1) is 7.11 Å². The average molecular weight is 246 g/mol. The van der Waals surface area contributed by atoms with Crippen molar-refractivity contribution in [2.75, 3.05) is 7.11 Å². The maximum Gasteiger partial charge on any atom is 0.337 e. The molecule has 0 aliphatic carbocycles. The molecule has 2 atom stereocenters. The lowest BCUT2D eigenvalue weighted by Gasteiger charge is -2.17. The van der Waals surface area contributed by atoms with E-state index >= 15 is 0 Å². The highest BCUT2D eigenvalue weighted by Crippen LogP contribution is 2.23. The first kappa shape index (κ1) is 13.5. The van der Waals surface area contributed by atoms with Gasteiger partial charge < -0.3 is 14.9 Å². The van der Waals surface area contributed by atoms with Gasteiger partial charge in [0, 0.05) is 11.6 Å². The SMILES string of the molecule is COC(=O)C(O)C(O)c1cc(C)c(F)cc1F. The highest BCUT2D eigenvalue weighted by molar-refractivity contribution is 5.75. The van der Waals surface area contributed by atoms with Crippen LogP contribution in [0.5, 0.6) is 0 Å². The predicted molar refractivity (Wildman–Crippen MR) is 54.1 cm³/mol. The van der Waals surface area contributed by atoms with Gasteiger partial charge in [-0.3, -0.25) is 0 Å². The first-order chi connectivity index (χ1) is 7.88. The van der Waals surface area contributed by atoms with Crippen LogP contribution in [0.1, 0.15) is 17.2 Å². The normalized spacial score (nSPS) is 14.2. The van der Waals surface area contributed by atoms with Crippen LogP contribution >= 0.6 is 0 Å². The topological polar surface area (TPSA) is 66.8 Å². The fourth-order valence-corrected chi connectivity index (χ4v) is 1.33. The molecule has 0 saturated carbocycles. The molecule has 0 bridgehead atoms. The molecule has 0 amide bonds. The summed E-state index contributed by atoms with van der Waals surface area (Å²) in [6.07, 6.45) is -3.72. The lowest BCUT2D eigenvalue weighted by molar-refractivity contribution is -0.156. The van der Waals surface area contributed by atoms with E-state index in [1.807, 2.05) is 0 Å². The van der Waals surface area contributed by atoms with Crippen LogP contribution in [0.3, 0.4) is 0 Å². The van der Waals surface area contributed by atoms with Gasteiger partial charge in [0.25, 0.3) is 0 Å². The second-order valence-corrected chi connectivity index (χ2v) is 3.54. The molecular formula is C11H12F2O4. The summed E-state index contributed by atoms with van der Waals surface area (Å²) in [5, 5.41) is 18.9. The number of ether oxygens (including phenoxy) is 1. The van der Waals surface area contributed by atoms with Crippen molar-refractivity contribution in [1.82, 2.24) is 0 Å². The Labute approximate surface area is 96.5 Å². The number of benzene rings is 1. The third kappa shape index (κ3) is 2.78. The van der Waals surface area contributed by atoms with Gasteiger partial charge in [0.15, 0.2) is 6.10 Å². The fourth-order valence-electron chi connectivity index (χ4n) is 1.33. The molecule has 17 heavy (non-hydrogen) atoms. The van der Waals surface area contributed by atoms with Crippen molar-refractivity contribution < 1.29 is 28.5 Å². The van der Waals surface area contributed by atoms with E-state index in [0.717, 1.165) is 13.2 Å². The molecule has 0 fully saturated rings. The Morgan fingerprint density at radius 1 is 1.29 bits per heavy atom. The second kappa shape index (κ2) is 5.20. The summed E-state index contributed by atoms with van der Waals surface area (Å²) in [6.45, 7) is 1.37. The lowest BCUT2D eigenvalue weighted by atomic mass is 10.0. The standard InChI is InChI=1S/C11H12F2O4/c1-5-3-6(8(13)4-7(5)12)9(14)10(15)11(16)17-2/h3-4,9-10,14-15H,1-2H3. The number of rotatable bonds is 3. The highest BCUT2D eigenvalue weighted by Gasteiger charge is 2.29. The van der Waals surface area contributed by atoms with Crippen molar-refractivity contribution in [3.8, 4) is 0 Å². The average Bonchev–Trinajstić information content (AvgIpc) is 2.31. The number of esters is 1. The van der Waals surface area contributed by atoms with E-state index in [-0.39, 0.29) is 11.1 Å². The van der Waals surface area contributed by atoms with E-state index in [0.29, 0.717) is 6.07 Å². The quantitative estimate of drug-likeness (QED) is 0.775. The smallest absolute Gasteiger partial charge is 0.337 e. The number of hydrogen-bond acceptors (Lipinski definition) is 4. The van der Waals surface area contributed by atoms with E-state index in [4.69, 9.17) is 0 Å². The minimum absolute atomic E-state index is 0.0949. The Morgan fingerprint density at radius 2 is 1.88 bits per heavy atom. The van der Waals surface area contributed by atoms with Gasteiger partial charge in [-0.15, -0.1) is 0 Å². The van der Waals surface area contributed by atoms with Crippen molar-refractivity contribution >= 4 is 5.97 Å². The molecule has 2 N–H and O–H groups in total. The zero-order valence-electron chi connectivity index (χ0n) is 9.28. The van der Waals surface area contributed by atoms with Crippen LogP contribution in [0.25, 0.3) is 0 Å². The lowest BCUT2D eigenvalue weighted by Crippen LogP contribution is -2.29. The summed E-state index contributed by atoms with van der Waals surface area (Å²) in [5.41, 5.74) is -0.265. The van der Waals surface area contributed by atoms with Gasteiger partial charge >= 0.3 is 5.97 Å². The fraction of sp³-hybridized carbons (Fsp3) is 0.364. The molecule has 6 heteroatoms. The number of halogens is 2. The molecule has 0 aliphatic rings. The predicted octanol–water partition coefficient (Wildman–Crippen LogP) is 0.841. The first-order valence-electron chi connectivity index (χ1n) is 4.78. The number of methoxy groups -OCH3 is 1. The van der Waals surface area contributed by atoms with Crippen LogP contribution < -0.4 is 0 Å². The van der Waals surface area contributed by atoms with Crippen LogP contribution in [0.4, 0.5) is 8.78 Å². The molecule has 0 spiro atoms. The maximum atomic E-state index is 13.3. The molecule has 94 valence electrons. The maximum absolute atomic E-state index is 13.3. The molecule has 1 aromatic rings. The van der Waals surface area contributed by atoms with E-state index in [2.05, 4.69) is 4.74 Å². The Kier molecular flexibility index (Phi) is 4.14. The van der Waals surface area contributed by atoms with Gasteiger partial charge in [-0.05, 0) is 18.6 Å². The van der Waals surface area contributed by atoms with Crippen LogP contribution in [0, 0.1) is 18.6 Å². The summed E-state index contributed by atoms with van der Waals surface area (Å²) < 4.78 is 30.5. The summed E-state index contributed by atoms with van der Waals surface area (Å²) in [7, 11) is 1.02. The van der Waals surface area contributed by atoms with Crippen LogP contribution in [-0.4, -0.2) is 29.4 Å². The summed E-state index contributed by atoms with van der Waals surface area (Å²) in [6, 6.07) is 1.61. The number of hydrogen-bond donors (Lipinski definition) is 2. The van der Waals surface area contributed by atoms with Crippen molar-refractivity contribution in [3.63, 3.8) is 0 Å².